The van der Waals surface area contributed by atoms with Crippen molar-refractivity contribution in [3.63, 3.8) is 0 Å². The van der Waals surface area contributed by atoms with Crippen LogP contribution in [0.1, 0.15) is 5.56 Å². The molecule has 0 aliphatic rings. The standard InChI is InChI=1S/C12H17N3O3/c1-14(2)11(16)10(15(13)12(17)18)8-9-6-4-3-5-7-9/h3-7,10H,8,13H2,1-2H3,(H,17,18)/t10-/m0/s1. The number of nitrogens with two attached hydrogens (primary N) is 1. The largest absolute Gasteiger partial charge is 0.464 e. The fraction of sp³-hybridized carbons (Fsp3) is 0.333. The minimum Gasteiger partial charge on any atom is -0.464 e. The summed E-state index contributed by atoms with van der Waals surface area (Å²) in [5.74, 6) is 5.09. The van der Waals surface area contributed by atoms with Crippen molar-refractivity contribution in [2.24, 2.45) is 5.84 Å². The first kappa shape index (κ1) is 14.0. The summed E-state index contributed by atoms with van der Waals surface area (Å²) >= 11 is 0. The van der Waals surface area contributed by atoms with Crippen LogP contribution in [0, 0.1) is 0 Å². The van der Waals surface area contributed by atoms with Gasteiger partial charge in [0.2, 0.25) is 5.91 Å². The average Bonchev–Trinajstić information content (AvgIpc) is 2.35. The maximum absolute atomic E-state index is 11.9. The second kappa shape index (κ2) is 6.02. The summed E-state index contributed by atoms with van der Waals surface area (Å²) in [5.41, 5.74) is 0.856. The lowest BCUT2D eigenvalue weighted by Gasteiger charge is -2.26. The maximum Gasteiger partial charge on any atom is 0.422 e. The van der Waals surface area contributed by atoms with Crippen molar-refractivity contribution in [1.82, 2.24) is 9.91 Å². The maximum atomic E-state index is 11.9. The molecule has 98 valence electrons. The van der Waals surface area contributed by atoms with E-state index in [9.17, 15) is 9.59 Å². The molecular formula is C12H17N3O3. The number of benzene rings is 1. The normalized spacial score (nSPS) is 11.7. The van der Waals surface area contributed by atoms with E-state index in [0.717, 1.165) is 5.56 Å². The summed E-state index contributed by atoms with van der Waals surface area (Å²) in [5, 5.41) is 9.44. The van der Waals surface area contributed by atoms with Crippen LogP contribution >= 0.6 is 0 Å². The zero-order valence-electron chi connectivity index (χ0n) is 10.4. The van der Waals surface area contributed by atoms with E-state index >= 15 is 0 Å². The molecule has 0 saturated carbocycles. The highest BCUT2D eigenvalue weighted by Gasteiger charge is 2.28. The van der Waals surface area contributed by atoms with Crippen LogP contribution in [-0.4, -0.2) is 47.2 Å². The smallest absolute Gasteiger partial charge is 0.422 e. The number of rotatable bonds is 4. The molecule has 0 bridgehead atoms. The van der Waals surface area contributed by atoms with Crippen molar-refractivity contribution >= 4 is 12.0 Å². The predicted octanol–water partition coefficient (Wildman–Crippen LogP) is 0.540. The molecule has 0 unspecified atom stereocenters. The molecule has 1 rings (SSSR count). The van der Waals surface area contributed by atoms with Gasteiger partial charge in [0.15, 0.2) is 0 Å². The monoisotopic (exact) mass is 251 g/mol. The summed E-state index contributed by atoms with van der Waals surface area (Å²) in [4.78, 5) is 24.2. The lowest BCUT2D eigenvalue weighted by Crippen LogP contribution is -2.53. The summed E-state index contributed by atoms with van der Waals surface area (Å²) in [6.07, 6.45) is -1.08. The molecule has 0 saturated heterocycles. The molecule has 0 radical (unpaired) electrons. The third-order valence-electron chi connectivity index (χ3n) is 2.55. The SMILES string of the molecule is CN(C)C(=O)[C@H](Cc1ccccc1)N(N)C(=O)O. The van der Waals surface area contributed by atoms with E-state index in [1.807, 2.05) is 30.3 Å². The Morgan fingerprint density at radius 2 is 1.83 bits per heavy atom. The van der Waals surface area contributed by atoms with Crippen molar-refractivity contribution in [1.29, 1.82) is 0 Å². The number of hydrazine groups is 1. The molecule has 0 heterocycles. The van der Waals surface area contributed by atoms with Crippen LogP contribution in [0.2, 0.25) is 0 Å². The highest BCUT2D eigenvalue weighted by atomic mass is 16.4. The molecule has 0 spiro atoms. The first-order valence-electron chi connectivity index (χ1n) is 5.45. The van der Waals surface area contributed by atoms with Gasteiger partial charge in [-0.05, 0) is 5.56 Å². The fourth-order valence-electron chi connectivity index (χ4n) is 1.57. The van der Waals surface area contributed by atoms with E-state index in [0.29, 0.717) is 5.01 Å². The van der Waals surface area contributed by atoms with Gasteiger partial charge < -0.3 is 10.0 Å². The molecule has 6 heteroatoms. The summed E-state index contributed by atoms with van der Waals surface area (Å²) in [7, 11) is 3.13. The number of hydrogen-bond acceptors (Lipinski definition) is 3. The highest BCUT2D eigenvalue weighted by molar-refractivity contribution is 5.85. The van der Waals surface area contributed by atoms with Crippen LogP contribution in [0.5, 0.6) is 0 Å². The van der Waals surface area contributed by atoms with Gasteiger partial charge in [-0.3, -0.25) is 4.79 Å². The van der Waals surface area contributed by atoms with E-state index in [2.05, 4.69) is 0 Å². The Balaban J connectivity index is 2.91. The van der Waals surface area contributed by atoms with E-state index < -0.39 is 12.1 Å². The zero-order valence-corrected chi connectivity index (χ0v) is 10.4. The van der Waals surface area contributed by atoms with Crippen molar-refractivity contribution < 1.29 is 14.7 Å². The topological polar surface area (TPSA) is 86.9 Å². The van der Waals surface area contributed by atoms with Crippen LogP contribution < -0.4 is 5.84 Å². The van der Waals surface area contributed by atoms with Crippen molar-refractivity contribution in [3.05, 3.63) is 35.9 Å². The van der Waals surface area contributed by atoms with Crippen LogP contribution in [0.4, 0.5) is 4.79 Å². The summed E-state index contributed by atoms with van der Waals surface area (Å²) in [6.45, 7) is 0. The van der Waals surface area contributed by atoms with Gasteiger partial charge in [-0.25, -0.2) is 15.6 Å². The highest BCUT2D eigenvalue weighted by Crippen LogP contribution is 2.09. The van der Waals surface area contributed by atoms with Crippen LogP contribution in [0.25, 0.3) is 0 Å². The number of likely N-dealkylation sites (N-methyl/N-ethyl adjacent to an activating group) is 1. The Kier molecular flexibility index (Phi) is 4.67. The average molecular weight is 251 g/mol. The van der Waals surface area contributed by atoms with E-state index in [4.69, 9.17) is 10.9 Å². The molecule has 1 aromatic carbocycles. The minimum absolute atomic E-state index is 0.251. The lowest BCUT2D eigenvalue weighted by atomic mass is 10.0. The first-order valence-corrected chi connectivity index (χ1v) is 5.45. The molecule has 1 atom stereocenters. The Labute approximate surface area is 106 Å². The van der Waals surface area contributed by atoms with Gasteiger partial charge in [0.25, 0.3) is 0 Å². The van der Waals surface area contributed by atoms with Gasteiger partial charge in [0.05, 0.1) is 0 Å². The molecule has 6 nitrogen and oxygen atoms in total. The third kappa shape index (κ3) is 3.46. The number of carbonyl (C=O) groups excluding carboxylic acids is 1. The van der Waals surface area contributed by atoms with E-state index in [1.54, 1.807) is 14.1 Å². The molecule has 0 aliphatic carbocycles. The van der Waals surface area contributed by atoms with Gasteiger partial charge in [-0.15, -0.1) is 0 Å². The minimum atomic E-state index is -1.33. The number of amides is 2. The van der Waals surface area contributed by atoms with Crippen LogP contribution in [0.15, 0.2) is 30.3 Å². The molecule has 3 N–H and O–H groups in total. The van der Waals surface area contributed by atoms with E-state index in [1.165, 1.54) is 4.90 Å². The Bertz CT molecular complexity index is 420. The van der Waals surface area contributed by atoms with Gasteiger partial charge in [0, 0.05) is 20.5 Å². The van der Waals surface area contributed by atoms with Crippen molar-refractivity contribution in [3.8, 4) is 0 Å². The zero-order chi connectivity index (χ0) is 13.7. The van der Waals surface area contributed by atoms with Gasteiger partial charge >= 0.3 is 6.09 Å². The molecule has 1 aromatic rings. The number of carbonyl (C=O) groups is 2. The quantitative estimate of drug-likeness (QED) is 0.464. The number of nitrogens with zero attached hydrogens (tertiary/aromatic N) is 2. The number of hydrogen-bond donors (Lipinski definition) is 2. The van der Waals surface area contributed by atoms with Gasteiger partial charge in [0.1, 0.15) is 6.04 Å². The molecule has 0 fully saturated rings. The Morgan fingerprint density at radius 1 is 1.28 bits per heavy atom. The van der Waals surface area contributed by atoms with Gasteiger partial charge in [-0.2, -0.15) is 0 Å². The second-order valence-electron chi connectivity index (χ2n) is 4.13. The number of carboxylic acid groups (broad SMARTS) is 1. The predicted molar refractivity (Wildman–Crippen MR) is 66.7 cm³/mol. The van der Waals surface area contributed by atoms with Crippen molar-refractivity contribution in [2.75, 3.05) is 14.1 Å². The van der Waals surface area contributed by atoms with E-state index in [-0.39, 0.29) is 12.3 Å². The molecule has 0 aromatic heterocycles. The summed E-state index contributed by atoms with van der Waals surface area (Å²) < 4.78 is 0. The molecule has 18 heavy (non-hydrogen) atoms. The van der Waals surface area contributed by atoms with Gasteiger partial charge in [-0.1, -0.05) is 30.3 Å². The lowest BCUT2D eigenvalue weighted by molar-refractivity contribution is -0.133. The Hall–Kier alpha value is -2.08. The first-order chi connectivity index (χ1) is 8.43. The van der Waals surface area contributed by atoms with Crippen molar-refractivity contribution in [2.45, 2.75) is 12.5 Å². The molecule has 0 aliphatic heterocycles. The van der Waals surface area contributed by atoms with Crippen LogP contribution in [-0.2, 0) is 11.2 Å². The molecule has 2 amide bonds. The van der Waals surface area contributed by atoms with Crippen LogP contribution in [0.3, 0.4) is 0 Å². The Morgan fingerprint density at radius 3 is 2.28 bits per heavy atom. The fourth-order valence-corrected chi connectivity index (χ4v) is 1.57. The second-order valence-corrected chi connectivity index (χ2v) is 4.13. The third-order valence-corrected chi connectivity index (χ3v) is 2.55. The molecular weight excluding hydrogens is 234 g/mol. The summed E-state index contributed by atoms with van der Waals surface area (Å²) in [6, 6.07) is 8.24.